The summed E-state index contributed by atoms with van der Waals surface area (Å²) >= 11 is 0. The van der Waals surface area contributed by atoms with Gasteiger partial charge in [0.1, 0.15) is 29.0 Å². The van der Waals surface area contributed by atoms with Gasteiger partial charge < -0.3 is 55.2 Å². The molecule has 6 rings (SSSR count). The molecular weight excluding hydrogens is 664 g/mol. The topological polar surface area (TPSA) is 219 Å². The van der Waals surface area contributed by atoms with E-state index in [1.165, 1.54) is 32.2 Å². The number of phenols is 2. The summed E-state index contributed by atoms with van der Waals surface area (Å²) in [5.41, 5.74) is 9.77. The van der Waals surface area contributed by atoms with Crippen molar-refractivity contribution in [3.63, 3.8) is 0 Å². The molecule has 49 heavy (non-hydrogen) atoms. The predicted molar refractivity (Wildman–Crippen MR) is 174 cm³/mol. The number of aliphatic hydroxyl groups is 1. The number of phenolic OH excluding ortho intramolecular Hbond substituents is 2. The number of hydrogen-bond acceptors (Lipinski definition) is 14. The molecule has 8 unspecified atom stereocenters. The summed E-state index contributed by atoms with van der Waals surface area (Å²) in [6.07, 6.45) is -5.01. The molecule has 0 amide bonds. The first kappa shape index (κ1) is 37.1. The number of rotatable bonds is 7. The fraction of sp³-hybridized carbons (Fsp3) is 0.559. The molecule has 0 spiro atoms. The molecule has 0 bridgehead atoms. The van der Waals surface area contributed by atoms with Gasteiger partial charge in [-0.15, -0.1) is 12.4 Å². The average Bonchev–Trinajstić information content (AvgIpc) is 3.02. The Morgan fingerprint density at radius 2 is 1.49 bits per heavy atom. The van der Waals surface area contributed by atoms with E-state index in [-0.39, 0.29) is 71.5 Å². The van der Waals surface area contributed by atoms with Crippen molar-refractivity contribution in [3.05, 3.63) is 51.6 Å². The molecule has 2 aliphatic heterocycles. The molecule has 2 saturated heterocycles. The van der Waals surface area contributed by atoms with Crippen molar-refractivity contribution in [2.75, 3.05) is 14.2 Å². The fourth-order valence-corrected chi connectivity index (χ4v) is 7.57. The Bertz CT molecular complexity index is 1630. The highest BCUT2D eigenvalue weighted by atomic mass is 35.5. The van der Waals surface area contributed by atoms with Gasteiger partial charge in [0.25, 0.3) is 0 Å². The highest BCUT2D eigenvalue weighted by Gasteiger charge is 2.50. The zero-order valence-electron chi connectivity index (χ0n) is 27.8. The van der Waals surface area contributed by atoms with Crippen molar-refractivity contribution < 1.29 is 58.1 Å². The number of methoxy groups -OCH3 is 2. The van der Waals surface area contributed by atoms with Gasteiger partial charge in [0.2, 0.25) is 5.78 Å². The summed E-state index contributed by atoms with van der Waals surface area (Å²) in [6, 6.07) is 3.53. The third-order valence-corrected chi connectivity index (χ3v) is 10.1. The molecule has 7 N–H and O–H groups in total. The summed E-state index contributed by atoms with van der Waals surface area (Å²) in [5, 5.41) is 34.7. The van der Waals surface area contributed by atoms with Gasteiger partial charge >= 0.3 is 0 Å². The van der Waals surface area contributed by atoms with Gasteiger partial charge in [-0.1, -0.05) is 12.1 Å². The molecule has 2 heterocycles. The van der Waals surface area contributed by atoms with Crippen molar-refractivity contribution in [2.24, 2.45) is 11.5 Å². The zero-order valence-corrected chi connectivity index (χ0v) is 28.7. The van der Waals surface area contributed by atoms with Crippen LogP contribution in [0, 0.1) is 0 Å². The van der Waals surface area contributed by atoms with E-state index in [4.69, 9.17) is 39.9 Å². The van der Waals surface area contributed by atoms with Crippen LogP contribution in [-0.2, 0) is 34.9 Å². The second-order valence-corrected chi connectivity index (χ2v) is 13.1. The van der Waals surface area contributed by atoms with E-state index in [0.717, 1.165) is 0 Å². The first-order chi connectivity index (χ1) is 22.7. The number of hydrogen-bond donors (Lipinski definition) is 5. The van der Waals surface area contributed by atoms with Gasteiger partial charge in [-0.25, -0.2) is 0 Å². The molecule has 268 valence electrons. The van der Waals surface area contributed by atoms with Crippen molar-refractivity contribution in [3.8, 4) is 17.2 Å². The van der Waals surface area contributed by atoms with Gasteiger partial charge in [-0.05, 0) is 26.8 Å². The number of Topliss-reactive ketones (excluding diaryl/α,β-unsaturated/α-hetero) is 1. The standard InChI is InChI=1S/C34H42N2O12.ClH/c1-13-32(44-5)18(35)9-23(45-13)48-33-14(2)46-22(10-19(33)36)47-21-12-34(42,15(3)37)11-17-25(21)31(41)27-26(29(17)39)28(38)16-7-6-8-20(43-4)24(16)30(27)40;/h6-8,13-14,18-19,21-23,32-33,39,41-42H,9-12,35-36H2,1-5H3;1H/t13?,14?,18?,19?,21-,22?,23?,32?,33?,34-;/m0./s1. The Kier molecular flexibility index (Phi) is 10.5. The molecule has 0 radical (unpaired) electrons. The van der Waals surface area contributed by atoms with Crippen LogP contribution >= 0.6 is 12.4 Å². The monoisotopic (exact) mass is 706 g/mol. The molecule has 2 aromatic carbocycles. The highest BCUT2D eigenvalue weighted by Crippen LogP contribution is 2.52. The molecule has 0 saturated carbocycles. The minimum Gasteiger partial charge on any atom is -0.507 e. The molecule has 15 heteroatoms. The Morgan fingerprint density at radius 3 is 2.06 bits per heavy atom. The largest absolute Gasteiger partial charge is 0.507 e. The second kappa shape index (κ2) is 13.9. The Labute approximate surface area is 289 Å². The highest BCUT2D eigenvalue weighted by molar-refractivity contribution is 6.31. The smallest absolute Gasteiger partial charge is 0.202 e. The minimum atomic E-state index is -2.03. The number of benzene rings is 2. The second-order valence-electron chi connectivity index (χ2n) is 13.1. The van der Waals surface area contributed by atoms with E-state index < -0.39 is 88.9 Å². The number of halogens is 1. The summed E-state index contributed by atoms with van der Waals surface area (Å²) in [7, 11) is 2.92. The lowest BCUT2D eigenvalue weighted by Gasteiger charge is -2.45. The number of aromatic hydroxyl groups is 2. The minimum absolute atomic E-state index is 0. The average molecular weight is 707 g/mol. The number of ketones is 3. The quantitative estimate of drug-likeness (QED) is 0.222. The molecule has 4 aliphatic rings. The number of ether oxygens (including phenoxy) is 6. The molecule has 2 aromatic rings. The lowest BCUT2D eigenvalue weighted by Crippen LogP contribution is -2.58. The predicted octanol–water partition coefficient (Wildman–Crippen LogP) is 1.95. The van der Waals surface area contributed by atoms with E-state index in [9.17, 15) is 29.7 Å². The van der Waals surface area contributed by atoms with Crippen LogP contribution in [0.15, 0.2) is 18.2 Å². The maximum Gasteiger partial charge on any atom is 0.202 e. The van der Waals surface area contributed by atoms with E-state index in [1.54, 1.807) is 14.0 Å². The Balaban J connectivity index is 0.00000468. The first-order valence-electron chi connectivity index (χ1n) is 16.0. The summed E-state index contributed by atoms with van der Waals surface area (Å²) < 4.78 is 35.4. The van der Waals surface area contributed by atoms with Crippen LogP contribution in [0.4, 0.5) is 0 Å². The molecule has 0 aromatic heterocycles. The van der Waals surface area contributed by atoms with Gasteiger partial charge in [0.15, 0.2) is 24.1 Å². The van der Waals surface area contributed by atoms with Crippen LogP contribution in [0.3, 0.4) is 0 Å². The van der Waals surface area contributed by atoms with Crippen molar-refractivity contribution in [1.29, 1.82) is 0 Å². The van der Waals surface area contributed by atoms with Gasteiger partial charge in [-0.2, -0.15) is 0 Å². The van der Waals surface area contributed by atoms with Crippen molar-refractivity contribution >= 4 is 29.8 Å². The molecule has 2 fully saturated rings. The normalized spacial score (nSPS) is 33.9. The maximum atomic E-state index is 13.9. The van der Waals surface area contributed by atoms with Crippen LogP contribution in [0.2, 0.25) is 0 Å². The van der Waals surface area contributed by atoms with E-state index in [0.29, 0.717) is 6.42 Å². The number of nitrogens with two attached hydrogens (primary N) is 2. The van der Waals surface area contributed by atoms with Crippen LogP contribution in [0.25, 0.3) is 0 Å². The van der Waals surface area contributed by atoms with Gasteiger partial charge in [0, 0.05) is 61.6 Å². The van der Waals surface area contributed by atoms with Crippen LogP contribution < -0.4 is 16.2 Å². The molecular formula is C34H43ClN2O12. The van der Waals surface area contributed by atoms with Crippen LogP contribution in [0.1, 0.15) is 89.1 Å². The summed E-state index contributed by atoms with van der Waals surface area (Å²) in [4.78, 5) is 40.3. The fourth-order valence-electron chi connectivity index (χ4n) is 7.57. The first-order valence-corrected chi connectivity index (χ1v) is 16.0. The maximum absolute atomic E-state index is 13.9. The SMILES string of the molecule is COc1cccc2c1C(=O)c1c(O)c3c(c(O)c1C2=O)C[C@@](O)(C(C)=O)C[C@@H]3OC1CC(N)C(OC2CC(N)C(OC)C(C)O2)C(C)O1.Cl. The van der Waals surface area contributed by atoms with E-state index in [2.05, 4.69) is 0 Å². The number of fused-ring (bicyclic) bond motifs is 3. The summed E-state index contributed by atoms with van der Waals surface area (Å²) in [6.45, 7) is 4.79. The van der Waals surface area contributed by atoms with Crippen LogP contribution in [-0.4, -0.2) is 102 Å². The lowest BCUT2D eigenvalue weighted by atomic mass is 9.72. The molecule has 14 nitrogen and oxygen atoms in total. The number of carbonyl (C=O) groups excluding carboxylic acids is 3. The Morgan fingerprint density at radius 1 is 0.898 bits per heavy atom. The Hall–Kier alpha value is -3.18. The van der Waals surface area contributed by atoms with Crippen LogP contribution in [0.5, 0.6) is 17.2 Å². The summed E-state index contributed by atoms with van der Waals surface area (Å²) in [5.74, 6) is -3.19. The lowest BCUT2D eigenvalue weighted by molar-refractivity contribution is -0.295. The third kappa shape index (κ3) is 6.23. The van der Waals surface area contributed by atoms with Gasteiger partial charge in [0.05, 0.1) is 48.2 Å². The van der Waals surface area contributed by atoms with Crippen molar-refractivity contribution in [1.82, 2.24) is 0 Å². The molecule has 10 atom stereocenters. The third-order valence-electron chi connectivity index (χ3n) is 10.1. The van der Waals surface area contributed by atoms with Gasteiger partial charge in [-0.3, -0.25) is 14.4 Å². The van der Waals surface area contributed by atoms with E-state index in [1.807, 2.05) is 6.92 Å². The molecule has 2 aliphatic carbocycles. The zero-order chi connectivity index (χ0) is 34.8. The number of carbonyl (C=O) groups is 3. The van der Waals surface area contributed by atoms with Crippen molar-refractivity contribution in [2.45, 2.75) is 107 Å². The van der Waals surface area contributed by atoms with E-state index >= 15 is 0 Å².